The van der Waals surface area contributed by atoms with Crippen LogP contribution < -0.4 is 10.9 Å². The fourth-order valence-electron chi connectivity index (χ4n) is 2.96. The first kappa shape index (κ1) is 17.9. The Hall–Kier alpha value is -3.45. The molecule has 0 atom stereocenters. The van der Waals surface area contributed by atoms with Crippen LogP contribution in [0.3, 0.4) is 0 Å². The second-order valence-corrected chi connectivity index (χ2v) is 6.69. The SMILES string of the molecule is CC(=O)c1cccc(Nc2cnn(-c3nc4ccccc4n3C)c(=O)c2Cl)c1. The summed E-state index contributed by atoms with van der Waals surface area (Å²) in [6, 6.07) is 14.5. The molecule has 0 aliphatic rings. The van der Waals surface area contributed by atoms with Crippen molar-refractivity contribution < 1.29 is 4.79 Å². The first-order valence-electron chi connectivity index (χ1n) is 8.53. The third kappa shape index (κ3) is 3.05. The highest BCUT2D eigenvalue weighted by atomic mass is 35.5. The van der Waals surface area contributed by atoms with Crippen LogP contribution in [0.25, 0.3) is 17.0 Å². The topological polar surface area (TPSA) is 81.8 Å². The van der Waals surface area contributed by atoms with Gasteiger partial charge >= 0.3 is 0 Å². The van der Waals surface area contributed by atoms with Crippen LogP contribution in [0.2, 0.25) is 5.02 Å². The molecule has 0 spiro atoms. The molecule has 0 fully saturated rings. The molecule has 2 heterocycles. The molecule has 0 aliphatic carbocycles. The third-order valence-electron chi connectivity index (χ3n) is 4.42. The number of nitrogens with zero attached hydrogens (tertiary/aromatic N) is 4. The number of carbonyl (C=O) groups excluding carboxylic acids is 1. The van der Waals surface area contributed by atoms with Crippen molar-refractivity contribution in [3.8, 4) is 5.95 Å². The molecule has 8 heteroatoms. The summed E-state index contributed by atoms with van der Waals surface area (Å²) < 4.78 is 2.95. The highest BCUT2D eigenvalue weighted by molar-refractivity contribution is 6.33. The summed E-state index contributed by atoms with van der Waals surface area (Å²) in [6.45, 7) is 1.49. The van der Waals surface area contributed by atoms with Gasteiger partial charge in [-0.25, -0.2) is 4.98 Å². The van der Waals surface area contributed by atoms with E-state index < -0.39 is 5.56 Å². The van der Waals surface area contributed by atoms with E-state index in [1.807, 2.05) is 31.3 Å². The maximum atomic E-state index is 12.8. The van der Waals surface area contributed by atoms with Crippen LogP contribution in [0.1, 0.15) is 17.3 Å². The second-order valence-electron chi connectivity index (χ2n) is 6.31. The number of rotatable bonds is 4. The lowest BCUT2D eigenvalue weighted by Gasteiger charge is -2.11. The molecule has 0 saturated heterocycles. The Morgan fingerprint density at radius 2 is 1.93 bits per heavy atom. The van der Waals surface area contributed by atoms with Crippen LogP contribution in [0.15, 0.2) is 59.5 Å². The Morgan fingerprint density at radius 3 is 2.68 bits per heavy atom. The molecule has 0 radical (unpaired) electrons. The van der Waals surface area contributed by atoms with Crippen molar-refractivity contribution in [2.45, 2.75) is 6.92 Å². The van der Waals surface area contributed by atoms with Crippen molar-refractivity contribution in [1.29, 1.82) is 0 Å². The minimum atomic E-state index is -0.493. The van der Waals surface area contributed by atoms with E-state index in [1.165, 1.54) is 17.8 Å². The van der Waals surface area contributed by atoms with Crippen LogP contribution in [0.5, 0.6) is 0 Å². The van der Waals surface area contributed by atoms with E-state index in [-0.39, 0.29) is 10.8 Å². The molecule has 2 aromatic heterocycles. The molecular weight excluding hydrogens is 378 g/mol. The Bertz CT molecular complexity index is 1280. The van der Waals surface area contributed by atoms with E-state index in [0.717, 1.165) is 11.0 Å². The Labute approximate surface area is 165 Å². The first-order valence-corrected chi connectivity index (χ1v) is 8.91. The third-order valence-corrected chi connectivity index (χ3v) is 4.79. The molecular formula is C20H16ClN5O2. The lowest BCUT2D eigenvalue weighted by Crippen LogP contribution is -2.24. The summed E-state index contributed by atoms with van der Waals surface area (Å²) in [5.74, 6) is 0.323. The van der Waals surface area contributed by atoms with Gasteiger partial charge in [0.25, 0.3) is 5.56 Å². The second kappa shape index (κ2) is 6.94. The zero-order valence-electron chi connectivity index (χ0n) is 15.2. The standard InChI is InChI=1S/C20H16ClN5O2/c1-12(27)13-6-5-7-14(10-13)23-16-11-22-26(19(28)18(16)21)20-24-15-8-3-4-9-17(15)25(20)2/h3-11,23H,1-2H3. The van der Waals surface area contributed by atoms with E-state index in [0.29, 0.717) is 22.9 Å². The smallest absolute Gasteiger partial charge is 0.295 e. The number of hydrogen-bond acceptors (Lipinski definition) is 5. The summed E-state index contributed by atoms with van der Waals surface area (Å²) in [5.41, 5.74) is 2.69. The van der Waals surface area contributed by atoms with Gasteiger partial charge in [0.1, 0.15) is 5.02 Å². The molecule has 28 heavy (non-hydrogen) atoms. The predicted molar refractivity (Wildman–Crippen MR) is 109 cm³/mol. The largest absolute Gasteiger partial charge is 0.353 e. The number of aryl methyl sites for hydroxylation is 1. The molecule has 0 aliphatic heterocycles. The summed E-state index contributed by atoms with van der Waals surface area (Å²) in [4.78, 5) is 28.8. The number of Topliss-reactive ketones (excluding diaryl/α,β-unsaturated/α-hetero) is 1. The minimum absolute atomic E-state index is 0.0183. The van der Waals surface area contributed by atoms with Crippen LogP contribution in [-0.4, -0.2) is 25.1 Å². The maximum absolute atomic E-state index is 12.8. The molecule has 1 N–H and O–H groups in total. The van der Waals surface area contributed by atoms with Gasteiger partial charge in [0, 0.05) is 18.3 Å². The quantitative estimate of drug-likeness (QED) is 0.534. The van der Waals surface area contributed by atoms with E-state index in [9.17, 15) is 9.59 Å². The molecule has 4 aromatic rings. The van der Waals surface area contributed by atoms with Gasteiger partial charge in [-0.2, -0.15) is 9.78 Å². The minimum Gasteiger partial charge on any atom is -0.353 e. The molecule has 4 rings (SSSR count). The number of aromatic nitrogens is 4. The van der Waals surface area contributed by atoms with Crippen LogP contribution in [-0.2, 0) is 7.05 Å². The fourth-order valence-corrected chi connectivity index (χ4v) is 3.13. The highest BCUT2D eigenvalue weighted by Gasteiger charge is 2.16. The van der Waals surface area contributed by atoms with Gasteiger partial charge in [-0.05, 0) is 31.2 Å². The Morgan fingerprint density at radius 1 is 1.14 bits per heavy atom. The zero-order chi connectivity index (χ0) is 19.8. The average Bonchev–Trinajstić information content (AvgIpc) is 3.03. The number of ketones is 1. The lowest BCUT2D eigenvalue weighted by molar-refractivity contribution is 0.101. The van der Waals surface area contributed by atoms with Crippen molar-refractivity contribution in [3.63, 3.8) is 0 Å². The molecule has 7 nitrogen and oxygen atoms in total. The molecule has 0 bridgehead atoms. The number of anilines is 2. The van der Waals surface area contributed by atoms with Gasteiger partial charge in [0.15, 0.2) is 5.78 Å². The molecule has 0 unspecified atom stereocenters. The first-order chi connectivity index (χ1) is 13.5. The Kier molecular flexibility index (Phi) is 4.44. The number of benzene rings is 2. The molecule has 140 valence electrons. The van der Waals surface area contributed by atoms with Crippen molar-refractivity contribution in [1.82, 2.24) is 19.3 Å². The highest BCUT2D eigenvalue weighted by Crippen LogP contribution is 2.23. The summed E-state index contributed by atoms with van der Waals surface area (Å²) >= 11 is 6.31. The summed E-state index contributed by atoms with van der Waals surface area (Å²) in [7, 11) is 1.81. The summed E-state index contributed by atoms with van der Waals surface area (Å²) in [5, 5.41) is 7.25. The van der Waals surface area contributed by atoms with E-state index in [4.69, 9.17) is 11.6 Å². The number of para-hydroxylation sites is 2. The van der Waals surface area contributed by atoms with Gasteiger partial charge in [0.2, 0.25) is 5.95 Å². The monoisotopic (exact) mass is 393 g/mol. The van der Waals surface area contributed by atoms with Gasteiger partial charge in [-0.1, -0.05) is 35.9 Å². The van der Waals surface area contributed by atoms with Crippen molar-refractivity contribution >= 4 is 39.8 Å². The molecule has 0 saturated carbocycles. The van der Waals surface area contributed by atoms with E-state index >= 15 is 0 Å². The van der Waals surface area contributed by atoms with Gasteiger partial charge < -0.3 is 9.88 Å². The molecule has 2 aromatic carbocycles. The number of imidazole rings is 1. The van der Waals surface area contributed by atoms with Crippen molar-refractivity contribution in [3.05, 3.63) is 75.7 Å². The van der Waals surface area contributed by atoms with Crippen LogP contribution in [0, 0.1) is 0 Å². The van der Waals surface area contributed by atoms with Gasteiger partial charge in [-0.15, -0.1) is 0 Å². The predicted octanol–water partition coefficient (Wildman–Crippen LogP) is 3.72. The normalized spacial score (nSPS) is 11.0. The number of nitrogens with one attached hydrogen (secondary N) is 1. The maximum Gasteiger partial charge on any atom is 0.295 e. The summed E-state index contributed by atoms with van der Waals surface area (Å²) in [6.07, 6.45) is 1.46. The Balaban J connectivity index is 1.75. The number of fused-ring (bicyclic) bond motifs is 1. The number of halogens is 1. The number of carbonyl (C=O) groups is 1. The van der Waals surface area contributed by atoms with Crippen molar-refractivity contribution in [2.24, 2.45) is 7.05 Å². The lowest BCUT2D eigenvalue weighted by atomic mass is 10.1. The van der Waals surface area contributed by atoms with E-state index in [2.05, 4.69) is 15.4 Å². The fraction of sp³-hybridized carbons (Fsp3) is 0.100. The van der Waals surface area contributed by atoms with E-state index in [1.54, 1.807) is 28.8 Å². The molecule has 0 amide bonds. The van der Waals surface area contributed by atoms with Crippen LogP contribution in [0.4, 0.5) is 11.4 Å². The van der Waals surface area contributed by atoms with Crippen molar-refractivity contribution in [2.75, 3.05) is 5.32 Å². The average molecular weight is 394 g/mol. The van der Waals surface area contributed by atoms with Gasteiger partial charge in [-0.3, -0.25) is 9.59 Å². The van der Waals surface area contributed by atoms with Crippen LogP contribution >= 0.6 is 11.6 Å². The number of hydrogen-bond donors (Lipinski definition) is 1. The zero-order valence-corrected chi connectivity index (χ0v) is 15.9. The van der Waals surface area contributed by atoms with Gasteiger partial charge in [0.05, 0.1) is 22.9 Å².